The van der Waals surface area contributed by atoms with Gasteiger partial charge in [0, 0.05) is 17.4 Å². The molecule has 1 atom stereocenters. The van der Waals surface area contributed by atoms with Crippen molar-refractivity contribution < 1.29 is 14.3 Å². The Morgan fingerprint density at radius 1 is 1.10 bits per heavy atom. The smallest absolute Gasteiger partial charge is 0.271 e. The number of rotatable bonds is 5. The van der Waals surface area contributed by atoms with Crippen LogP contribution < -0.4 is 9.47 Å². The largest absolute Gasteiger partial charge is 0.493 e. The molecule has 0 bridgehead atoms. The van der Waals surface area contributed by atoms with Crippen LogP contribution in [0, 0.1) is 12.8 Å². The van der Waals surface area contributed by atoms with E-state index >= 15 is 0 Å². The van der Waals surface area contributed by atoms with Crippen LogP contribution >= 0.6 is 11.8 Å². The van der Waals surface area contributed by atoms with Gasteiger partial charge < -0.3 is 9.47 Å². The molecule has 0 N–H and O–H groups in total. The van der Waals surface area contributed by atoms with Gasteiger partial charge in [-0.25, -0.2) is 4.99 Å². The Morgan fingerprint density at radius 3 is 2.47 bits per heavy atom. The van der Waals surface area contributed by atoms with Crippen molar-refractivity contribution in [1.82, 2.24) is 4.90 Å². The van der Waals surface area contributed by atoms with Gasteiger partial charge in [0.2, 0.25) is 0 Å². The number of fused-ring (bicyclic) bond motifs is 3. The van der Waals surface area contributed by atoms with E-state index in [9.17, 15) is 4.79 Å². The van der Waals surface area contributed by atoms with E-state index in [4.69, 9.17) is 14.5 Å². The van der Waals surface area contributed by atoms with Crippen molar-refractivity contribution in [3.63, 3.8) is 0 Å². The molecule has 156 valence electrons. The summed E-state index contributed by atoms with van der Waals surface area (Å²) in [6, 6.07) is 11.6. The van der Waals surface area contributed by atoms with Crippen LogP contribution in [0.15, 0.2) is 46.4 Å². The van der Waals surface area contributed by atoms with Crippen molar-refractivity contribution in [3.05, 3.63) is 53.1 Å². The van der Waals surface area contributed by atoms with Crippen LogP contribution in [0.3, 0.4) is 0 Å². The summed E-state index contributed by atoms with van der Waals surface area (Å²) in [5.74, 6) is 2.55. The molecule has 4 rings (SSSR count). The van der Waals surface area contributed by atoms with Crippen molar-refractivity contribution in [2.45, 2.75) is 32.6 Å². The van der Waals surface area contributed by atoms with Gasteiger partial charge >= 0.3 is 0 Å². The van der Waals surface area contributed by atoms with Crippen molar-refractivity contribution in [2.75, 3.05) is 14.2 Å². The first kappa shape index (κ1) is 20.5. The Kier molecular flexibility index (Phi) is 5.56. The monoisotopic (exact) mass is 423 g/mol. The standard InChI is InChI=1S/C23H25N3O3S/c1-13(2)20-22(27)25-21-16-10-18(28-4)19(29-5)11-17(16)24-23(26(20)21)30-12-15-9-7-6-8-14(15)3/h6-11,13,20H,12H2,1-5H3/t20-/m0/s1. The maximum Gasteiger partial charge on any atom is 0.271 e. The van der Waals surface area contributed by atoms with Crippen LogP contribution in [0.25, 0.3) is 0 Å². The fourth-order valence-corrected chi connectivity index (χ4v) is 4.87. The van der Waals surface area contributed by atoms with Crippen molar-refractivity contribution in [2.24, 2.45) is 15.9 Å². The number of methoxy groups -OCH3 is 2. The van der Waals surface area contributed by atoms with E-state index < -0.39 is 0 Å². The number of hydrogen-bond donors (Lipinski definition) is 0. The molecule has 0 spiro atoms. The molecule has 2 aromatic carbocycles. The van der Waals surface area contributed by atoms with Crippen LogP contribution in [-0.4, -0.2) is 42.1 Å². The molecule has 7 heteroatoms. The predicted octanol–water partition coefficient (Wildman–Crippen LogP) is 4.56. The van der Waals surface area contributed by atoms with Crippen LogP contribution in [0.4, 0.5) is 5.69 Å². The first-order valence-electron chi connectivity index (χ1n) is 9.88. The third-order valence-electron chi connectivity index (χ3n) is 5.39. The zero-order valence-electron chi connectivity index (χ0n) is 17.8. The normalized spacial score (nSPS) is 17.5. The Balaban J connectivity index is 1.79. The molecule has 0 saturated heterocycles. The maximum absolute atomic E-state index is 12.8. The number of carbonyl (C=O) groups excluding carboxylic acids is 1. The Bertz CT molecular complexity index is 1060. The molecule has 2 aliphatic heterocycles. The number of amides is 1. The highest BCUT2D eigenvalue weighted by molar-refractivity contribution is 8.13. The van der Waals surface area contributed by atoms with Gasteiger partial charge in [0.25, 0.3) is 5.91 Å². The highest BCUT2D eigenvalue weighted by atomic mass is 32.2. The number of nitrogens with zero attached hydrogens (tertiary/aromatic N) is 3. The average Bonchev–Trinajstić information content (AvgIpc) is 3.09. The zero-order chi connectivity index (χ0) is 21.4. The summed E-state index contributed by atoms with van der Waals surface area (Å²) in [6.07, 6.45) is 0. The predicted molar refractivity (Wildman–Crippen MR) is 121 cm³/mol. The third kappa shape index (κ3) is 3.47. The maximum atomic E-state index is 12.8. The zero-order valence-corrected chi connectivity index (χ0v) is 18.6. The molecule has 30 heavy (non-hydrogen) atoms. The summed E-state index contributed by atoms with van der Waals surface area (Å²) in [5, 5.41) is 0.779. The lowest BCUT2D eigenvalue weighted by atomic mass is 10.0. The van der Waals surface area contributed by atoms with Crippen molar-refractivity contribution >= 4 is 34.4 Å². The first-order chi connectivity index (χ1) is 14.4. The first-order valence-corrected chi connectivity index (χ1v) is 10.9. The van der Waals surface area contributed by atoms with Crippen molar-refractivity contribution in [1.29, 1.82) is 0 Å². The number of thioether (sulfide) groups is 1. The number of benzene rings is 2. The Hall–Kier alpha value is -2.80. The second-order valence-electron chi connectivity index (χ2n) is 7.67. The Labute approximate surface area is 181 Å². The number of amidine groups is 2. The van der Waals surface area contributed by atoms with E-state index in [1.54, 1.807) is 26.0 Å². The summed E-state index contributed by atoms with van der Waals surface area (Å²) in [5.41, 5.74) is 3.99. The number of aryl methyl sites for hydroxylation is 1. The number of aliphatic imine (C=N–C) groups is 2. The summed E-state index contributed by atoms with van der Waals surface area (Å²) in [4.78, 5) is 24.1. The highest BCUT2D eigenvalue weighted by Crippen LogP contribution is 2.42. The number of carbonyl (C=O) groups is 1. The van der Waals surface area contributed by atoms with E-state index in [-0.39, 0.29) is 17.9 Å². The average molecular weight is 424 g/mol. The molecular weight excluding hydrogens is 398 g/mol. The van der Waals surface area contributed by atoms with Crippen LogP contribution in [-0.2, 0) is 10.5 Å². The molecule has 0 unspecified atom stereocenters. The third-order valence-corrected chi connectivity index (χ3v) is 6.39. The van der Waals surface area contributed by atoms with Crippen LogP contribution in [0.2, 0.25) is 0 Å². The molecule has 0 aliphatic carbocycles. The van der Waals surface area contributed by atoms with Gasteiger partial charge in [-0.05, 0) is 30.0 Å². The lowest BCUT2D eigenvalue weighted by Crippen LogP contribution is -2.46. The molecule has 0 aromatic heterocycles. The van der Waals surface area contributed by atoms with Gasteiger partial charge in [0.1, 0.15) is 11.9 Å². The molecule has 6 nitrogen and oxygen atoms in total. The lowest BCUT2D eigenvalue weighted by molar-refractivity contribution is -0.120. The van der Waals surface area contributed by atoms with E-state index in [0.717, 1.165) is 22.2 Å². The SMILES string of the molecule is COc1cc2c(cc1OC)C1=NC(=O)[C@H](C(C)C)N1C(SCc1ccccc1C)=N2. The second kappa shape index (κ2) is 8.14. The quantitative estimate of drug-likeness (QED) is 0.705. The van der Waals surface area contributed by atoms with Crippen LogP contribution in [0.1, 0.15) is 30.5 Å². The molecular formula is C23H25N3O3S. The van der Waals surface area contributed by atoms with E-state index in [0.29, 0.717) is 17.3 Å². The fraction of sp³-hybridized carbons (Fsp3) is 0.348. The molecule has 0 radical (unpaired) electrons. The van der Waals surface area contributed by atoms with Gasteiger partial charge in [0.15, 0.2) is 16.7 Å². The Morgan fingerprint density at radius 2 is 1.80 bits per heavy atom. The van der Waals surface area contributed by atoms with E-state index in [2.05, 4.69) is 24.0 Å². The van der Waals surface area contributed by atoms with Gasteiger partial charge in [-0.15, -0.1) is 0 Å². The van der Waals surface area contributed by atoms with Crippen molar-refractivity contribution in [3.8, 4) is 11.5 Å². The summed E-state index contributed by atoms with van der Waals surface area (Å²) in [7, 11) is 3.19. The topological polar surface area (TPSA) is 63.5 Å². The van der Waals surface area contributed by atoms with Gasteiger partial charge in [-0.3, -0.25) is 9.69 Å². The second-order valence-corrected chi connectivity index (χ2v) is 8.61. The van der Waals surface area contributed by atoms with Gasteiger partial charge in [-0.2, -0.15) is 4.99 Å². The van der Waals surface area contributed by atoms with Gasteiger partial charge in [-0.1, -0.05) is 49.9 Å². The summed E-state index contributed by atoms with van der Waals surface area (Å²) in [6.45, 7) is 6.18. The fourth-order valence-electron chi connectivity index (χ4n) is 3.76. The molecule has 2 aromatic rings. The minimum atomic E-state index is -0.357. The van der Waals surface area contributed by atoms with Gasteiger partial charge in [0.05, 0.1) is 19.9 Å². The van der Waals surface area contributed by atoms with E-state index in [1.165, 1.54) is 11.1 Å². The molecule has 2 heterocycles. The molecule has 1 amide bonds. The minimum absolute atomic E-state index is 0.102. The van der Waals surface area contributed by atoms with E-state index in [1.807, 2.05) is 43.0 Å². The highest BCUT2D eigenvalue weighted by Gasteiger charge is 2.43. The molecule has 2 aliphatic rings. The molecule has 0 fully saturated rings. The lowest BCUT2D eigenvalue weighted by Gasteiger charge is -2.33. The summed E-state index contributed by atoms with van der Waals surface area (Å²) >= 11 is 1.62. The van der Waals surface area contributed by atoms with Crippen LogP contribution in [0.5, 0.6) is 11.5 Å². The number of ether oxygens (including phenoxy) is 2. The number of hydrogen-bond acceptors (Lipinski definition) is 6. The molecule has 0 saturated carbocycles. The summed E-state index contributed by atoms with van der Waals surface area (Å²) < 4.78 is 10.9. The minimum Gasteiger partial charge on any atom is -0.493 e.